The van der Waals surface area contributed by atoms with Gasteiger partial charge in [-0.25, -0.2) is 9.59 Å². The van der Waals surface area contributed by atoms with Gasteiger partial charge in [-0.15, -0.1) is 0 Å². The van der Waals surface area contributed by atoms with Gasteiger partial charge in [-0.1, -0.05) is 13.3 Å². The third-order valence-electron chi connectivity index (χ3n) is 2.51. The van der Waals surface area contributed by atoms with Gasteiger partial charge in [0, 0.05) is 13.2 Å². The van der Waals surface area contributed by atoms with Crippen molar-refractivity contribution in [1.29, 1.82) is 0 Å². The van der Waals surface area contributed by atoms with Gasteiger partial charge in [0.25, 0.3) is 0 Å². The first kappa shape index (κ1) is 14.0. The highest BCUT2D eigenvalue weighted by Gasteiger charge is 2.21. The molecule has 1 rings (SSSR count). The van der Waals surface area contributed by atoms with E-state index in [2.05, 4.69) is 10.3 Å². The van der Waals surface area contributed by atoms with Crippen molar-refractivity contribution in [3.8, 4) is 0 Å². The Labute approximate surface area is 106 Å². The minimum Gasteiger partial charge on any atom is -0.480 e. The van der Waals surface area contributed by atoms with Gasteiger partial charge in [-0.2, -0.15) is 0 Å². The van der Waals surface area contributed by atoms with Crippen LogP contribution in [-0.2, 0) is 4.79 Å². The maximum Gasteiger partial charge on any atom is 0.326 e. The summed E-state index contributed by atoms with van der Waals surface area (Å²) in [5, 5.41) is 11.4. The molecule has 1 aromatic rings. The summed E-state index contributed by atoms with van der Waals surface area (Å²) in [5.41, 5.74) is 0.607. The molecule has 18 heavy (non-hydrogen) atoms. The molecule has 1 aromatic heterocycles. The van der Waals surface area contributed by atoms with Crippen LogP contribution in [0.5, 0.6) is 0 Å². The number of nitrogens with one attached hydrogen (secondary N) is 1. The first-order valence-corrected chi connectivity index (χ1v) is 5.73. The maximum atomic E-state index is 11.9. The molecule has 1 unspecified atom stereocenters. The van der Waals surface area contributed by atoms with E-state index in [1.54, 1.807) is 25.4 Å². The second kappa shape index (κ2) is 6.58. The number of carboxylic acids is 1. The smallest absolute Gasteiger partial charge is 0.326 e. The van der Waals surface area contributed by atoms with Crippen molar-refractivity contribution in [2.75, 3.05) is 11.9 Å². The lowest BCUT2D eigenvalue weighted by Crippen LogP contribution is -2.46. The number of aliphatic carboxylic acids is 1. The van der Waals surface area contributed by atoms with E-state index in [1.807, 2.05) is 6.92 Å². The van der Waals surface area contributed by atoms with Crippen LogP contribution in [0.4, 0.5) is 10.5 Å². The fraction of sp³-hybridized carbons (Fsp3) is 0.417. The van der Waals surface area contributed by atoms with Crippen LogP contribution in [0, 0.1) is 0 Å². The van der Waals surface area contributed by atoms with Crippen molar-refractivity contribution < 1.29 is 14.7 Å². The van der Waals surface area contributed by atoms with Crippen molar-refractivity contribution in [3.05, 3.63) is 24.5 Å². The van der Waals surface area contributed by atoms with Crippen molar-refractivity contribution in [3.63, 3.8) is 0 Å². The van der Waals surface area contributed by atoms with Gasteiger partial charge < -0.3 is 10.4 Å². The molecule has 0 aliphatic heterocycles. The van der Waals surface area contributed by atoms with Crippen LogP contribution in [0.3, 0.4) is 0 Å². The number of carboxylic acid groups (broad SMARTS) is 1. The van der Waals surface area contributed by atoms with Crippen LogP contribution < -0.4 is 10.2 Å². The monoisotopic (exact) mass is 251 g/mol. The molecule has 0 aliphatic carbocycles. The Balaban J connectivity index is 2.67. The summed E-state index contributed by atoms with van der Waals surface area (Å²) in [7, 11) is 1.57. The summed E-state index contributed by atoms with van der Waals surface area (Å²) in [6.07, 6.45) is 4.23. The third-order valence-corrected chi connectivity index (χ3v) is 2.51. The fourth-order valence-corrected chi connectivity index (χ4v) is 1.46. The molecule has 1 heterocycles. The molecule has 98 valence electrons. The Bertz CT molecular complexity index is 408. The second-order valence-corrected chi connectivity index (χ2v) is 3.90. The number of anilines is 1. The van der Waals surface area contributed by atoms with Crippen LogP contribution in [0.2, 0.25) is 0 Å². The average molecular weight is 251 g/mol. The number of aromatic nitrogens is 1. The predicted octanol–water partition coefficient (Wildman–Crippen LogP) is 1.48. The number of carbonyl (C=O) groups is 2. The van der Waals surface area contributed by atoms with E-state index in [9.17, 15) is 9.59 Å². The SMILES string of the molecule is CCCC(NC(=O)N(C)c1cccnc1)C(=O)O. The summed E-state index contributed by atoms with van der Waals surface area (Å²) < 4.78 is 0. The molecule has 2 N–H and O–H groups in total. The predicted molar refractivity (Wildman–Crippen MR) is 67.5 cm³/mol. The van der Waals surface area contributed by atoms with Gasteiger partial charge in [0.05, 0.1) is 11.9 Å². The summed E-state index contributed by atoms with van der Waals surface area (Å²) >= 11 is 0. The van der Waals surface area contributed by atoms with Gasteiger partial charge in [-0.3, -0.25) is 9.88 Å². The molecular weight excluding hydrogens is 234 g/mol. The van der Waals surface area contributed by atoms with Gasteiger partial charge in [0.2, 0.25) is 0 Å². The van der Waals surface area contributed by atoms with Crippen LogP contribution >= 0.6 is 0 Å². The van der Waals surface area contributed by atoms with Crippen LogP contribution in [0.25, 0.3) is 0 Å². The third kappa shape index (κ3) is 3.73. The van der Waals surface area contributed by atoms with Gasteiger partial charge in [0.15, 0.2) is 0 Å². The van der Waals surface area contributed by atoms with E-state index in [1.165, 1.54) is 11.1 Å². The minimum absolute atomic E-state index is 0.405. The summed E-state index contributed by atoms with van der Waals surface area (Å²) in [4.78, 5) is 28.0. The fourth-order valence-electron chi connectivity index (χ4n) is 1.46. The molecule has 0 aromatic carbocycles. The lowest BCUT2D eigenvalue weighted by atomic mass is 10.2. The maximum absolute atomic E-state index is 11.9. The normalized spacial score (nSPS) is 11.7. The Morgan fingerprint density at radius 1 is 1.56 bits per heavy atom. The lowest BCUT2D eigenvalue weighted by Gasteiger charge is -2.20. The van der Waals surface area contributed by atoms with Crippen LogP contribution in [-0.4, -0.2) is 35.2 Å². The second-order valence-electron chi connectivity index (χ2n) is 3.90. The van der Waals surface area contributed by atoms with E-state index < -0.39 is 18.0 Å². The number of amides is 2. The number of rotatable bonds is 5. The Kier molecular flexibility index (Phi) is 5.10. The van der Waals surface area contributed by atoms with Crippen molar-refractivity contribution in [1.82, 2.24) is 10.3 Å². The van der Waals surface area contributed by atoms with Crippen LogP contribution in [0.1, 0.15) is 19.8 Å². The molecule has 6 heteroatoms. The Morgan fingerprint density at radius 2 is 2.28 bits per heavy atom. The quantitative estimate of drug-likeness (QED) is 0.830. The average Bonchev–Trinajstić information content (AvgIpc) is 2.38. The summed E-state index contributed by atoms with van der Waals surface area (Å²) in [6, 6.07) is 2.12. The molecule has 0 saturated heterocycles. The number of urea groups is 1. The molecule has 6 nitrogen and oxygen atoms in total. The molecule has 0 aliphatic rings. The zero-order valence-corrected chi connectivity index (χ0v) is 10.5. The number of nitrogens with zero attached hydrogens (tertiary/aromatic N) is 2. The van der Waals surface area contributed by atoms with Crippen molar-refractivity contribution in [2.45, 2.75) is 25.8 Å². The number of carbonyl (C=O) groups excluding carboxylic acids is 1. The van der Waals surface area contributed by atoms with Gasteiger partial charge in [0.1, 0.15) is 6.04 Å². The number of hydrogen-bond acceptors (Lipinski definition) is 3. The van der Waals surface area contributed by atoms with Gasteiger partial charge in [-0.05, 0) is 18.6 Å². The largest absolute Gasteiger partial charge is 0.480 e. The molecule has 0 bridgehead atoms. The lowest BCUT2D eigenvalue weighted by molar-refractivity contribution is -0.139. The molecule has 0 saturated carbocycles. The van der Waals surface area contributed by atoms with E-state index in [0.717, 1.165) is 0 Å². The molecular formula is C12H17N3O3. The molecule has 0 fully saturated rings. The van der Waals surface area contributed by atoms with Gasteiger partial charge >= 0.3 is 12.0 Å². The molecule has 1 atom stereocenters. The number of hydrogen-bond donors (Lipinski definition) is 2. The highest BCUT2D eigenvalue weighted by Crippen LogP contribution is 2.09. The van der Waals surface area contributed by atoms with E-state index in [-0.39, 0.29) is 0 Å². The molecule has 0 radical (unpaired) electrons. The highest BCUT2D eigenvalue weighted by atomic mass is 16.4. The van der Waals surface area contributed by atoms with Crippen molar-refractivity contribution in [2.24, 2.45) is 0 Å². The van der Waals surface area contributed by atoms with E-state index >= 15 is 0 Å². The summed E-state index contributed by atoms with van der Waals surface area (Å²) in [6.45, 7) is 1.87. The highest BCUT2D eigenvalue weighted by molar-refractivity contribution is 5.93. The van der Waals surface area contributed by atoms with E-state index in [4.69, 9.17) is 5.11 Å². The Hall–Kier alpha value is -2.11. The Morgan fingerprint density at radius 3 is 2.78 bits per heavy atom. The first-order valence-electron chi connectivity index (χ1n) is 5.73. The zero-order valence-electron chi connectivity index (χ0n) is 10.5. The summed E-state index contributed by atoms with van der Waals surface area (Å²) in [5.74, 6) is -1.02. The van der Waals surface area contributed by atoms with E-state index in [0.29, 0.717) is 18.5 Å². The van der Waals surface area contributed by atoms with Crippen molar-refractivity contribution >= 4 is 17.7 Å². The number of pyridine rings is 1. The minimum atomic E-state index is -1.02. The first-order chi connectivity index (χ1) is 8.56. The standard InChI is InChI=1S/C12H17N3O3/c1-3-5-10(11(16)17)14-12(18)15(2)9-6-4-7-13-8-9/h4,6-8,10H,3,5H2,1-2H3,(H,14,18)(H,16,17). The zero-order chi connectivity index (χ0) is 13.5. The molecule has 0 spiro atoms. The molecule has 2 amide bonds. The topological polar surface area (TPSA) is 82.5 Å². The van der Waals surface area contributed by atoms with Crippen LogP contribution in [0.15, 0.2) is 24.5 Å².